The zero-order valence-corrected chi connectivity index (χ0v) is 5.79. The van der Waals surface area contributed by atoms with E-state index < -0.39 is 0 Å². The van der Waals surface area contributed by atoms with E-state index in [4.69, 9.17) is 11.6 Å². The van der Waals surface area contributed by atoms with Gasteiger partial charge in [0.15, 0.2) is 0 Å². The molecule has 0 aromatic carbocycles. The van der Waals surface area contributed by atoms with Gasteiger partial charge < -0.3 is 5.32 Å². The van der Waals surface area contributed by atoms with Crippen molar-refractivity contribution in [2.75, 3.05) is 7.05 Å². The van der Waals surface area contributed by atoms with Gasteiger partial charge in [0.2, 0.25) is 0 Å². The SMILES string of the molecule is CN[C@@H](C)[C@@H](C)Cl. The minimum atomic E-state index is 0.227. The number of rotatable bonds is 2. The van der Waals surface area contributed by atoms with Crippen LogP contribution in [-0.2, 0) is 0 Å². The molecule has 1 nitrogen and oxygen atoms in total. The minimum Gasteiger partial charge on any atom is -0.316 e. The van der Waals surface area contributed by atoms with Crippen molar-refractivity contribution in [3.8, 4) is 0 Å². The van der Waals surface area contributed by atoms with E-state index in [9.17, 15) is 0 Å². The van der Waals surface area contributed by atoms with Crippen LogP contribution in [-0.4, -0.2) is 18.5 Å². The van der Waals surface area contributed by atoms with Gasteiger partial charge in [0.05, 0.1) is 0 Å². The van der Waals surface area contributed by atoms with E-state index in [0.29, 0.717) is 6.04 Å². The minimum absolute atomic E-state index is 0.227. The van der Waals surface area contributed by atoms with Crippen LogP contribution in [0.1, 0.15) is 13.8 Å². The van der Waals surface area contributed by atoms with Crippen LogP contribution >= 0.6 is 11.6 Å². The first-order valence-corrected chi connectivity index (χ1v) is 2.93. The van der Waals surface area contributed by atoms with Gasteiger partial charge in [0, 0.05) is 11.4 Å². The first-order chi connectivity index (χ1) is 3.18. The number of alkyl halides is 1. The predicted molar refractivity (Wildman–Crippen MR) is 33.8 cm³/mol. The zero-order valence-electron chi connectivity index (χ0n) is 5.03. The van der Waals surface area contributed by atoms with Crippen LogP contribution < -0.4 is 5.32 Å². The Kier molecular flexibility index (Phi) is 3.39. The van der Waals surface area contributed by atoms with E-state index in [1.165, 1.54) is 0 Å². The number of hydrogen-bond donors (Lipinski definition) is 1. The molecule has 0 fully saturated rings. The second kappa shape index (κ2) is 3.28. The van der Waals surface area contributed by atoms with Crippen molar-refractivity contribution >= 4 is 11.6 Å². The third-order valence-electron chi connectivity index (χ3n) is 1.14. The molecule has 0 saturated heterocycles. The van der Waals surface area contributed by atoms with Crippen molar-refractivity contribution in [1.82, 2.24) is 5.32 Å². The lowest BCUT2D eigenvalue weighted by molar-refractivity contribution is 0.600. The van der Waals surface area contributed by atoms with Crippen LogP contribution in [0.3, 0.4) is 0 Å². The van der Waals surface area contributed by atoms with Crippen LogP contribution in [0.5, 0.6) is 0 Å². The van der Waals surface area contributed by atoms with E-state index in [2.05, 4.69) is 12.2 Å². The van der Waals surface area contributed by atoms with Gasteiger partial charge in [-0.2, -0.15) is 0 Å². The van der Waals surface area contributed by atoms with Crippen LogP contribution in [0.2, 0.25) is 0 Å². The lowest BCUT2D eigenvalue weighted by Gasteiger charge is -2.10. The molecular formula is C5H12ClN. The summed E-state index contributed by atoms with van der Waals surface area (Å²) in [5.41, 5.74) is 0. The van der Waals surface area contributed by atoms with E-state index in [1.807, 2.05) is 14.0 Å². The normalized spacial score (nSPS) is 18.9. The van der Waals surface area contributed by atoms with Gasteiger partial charge in [-0.05, 0) is 20.9 Å². The highest BCUT2D eigenvalue weighted by molar-refractivity contribution is 6.20. The molecule has 0 aliphatic rings. The topological polar surface area (TPSA) is 12.0 Å². The summed E-state index contributed by atoms with van der Waals surface area (Å²) in [6.45, 7) is 4.03. The molecule has 0 radical (unpaired) electrons. The molecule has 0 unspecified atom stereocenters. The standard InChI is InChI=1S/C5H12ClN/c1-4(6)5(2)7-3/h4-5,7H,1-3H3/t4-,5+/m1/s1. The predicted octanol–water partition coefficient (Wildman–Crippen LogP) is 1.22. The maximum Gasteiger partial charge on any atom is 0.0458 e. The first-order valence-electron chi connectivity index (χ1n) is 2.49. The van der Waals surface area contributed by atoms with Crippen molar-refractivity contribution in [2.45, 2.75) is 25.3 Å². The Balaban J connectivity index is 3.14. The van der Waals surface area contributed by atoms with Crippen LogP contribution in [0.25, 0.3) is 0 Å². The Hall–Kier alpha value is 0.250. The Bertz CT molecular complexity index is 45.3. The molecular weight excluding hydrogens is 110 g/mol. The molecule has 0 bridgehead atoms. The second-order valence-corrected chi connectivity index (χ2v) is 2.44. The molecule has 7 heavy (non-hydrogen) atoms. The third-order valence-corrected chi connectivity index (χ3v) is 1.52. The zero-order chi connectivity index (χ0) is 5.86. The van der Waals surface area contributed by atoms with E-state index in [-0.39, 0.29) is 5.38 Å². The van der Waals surface area contributed by atoms with Crippen molar-refractivity contribution in [1.29, 1.82) is 0 Å². The van der Waals surface area contributed by atoms with Gasteiger partial charge in [-0.1, -0.05) is 0 Å². The maximum absolute atomic E-state index is 5.67. The van der Waals surface area contributed by atoms with E-state index >= 15 is 0 Å². The molecule has 0 spiro atoms. The highest BCUT2D eigenvalue weighted by Gasteiger charge is 2.02. The number of nitrogens with one attached hydrogen (secondary N) is 1. The summed E-state index contributed by atoms with van der Waals surface area (Å²) in [5, 5.41) is 3.26. The Morgan fingerprint density at radius 1 is 1.43 bits per heavy atom. The van der Waals surface area contributed by atoms with Gasteiger partial charge in [0.1, 0.15) is 0 Å². The van der Waals surface area contributed by atoms with Crippen molar-refractivity contribution in [3.05, 3.63) is 0 Å². The van der Waals surface area contributed by atoms with Crippen molar-refractivity contribution < 1.29 is 0 Å². The fraction of sp³-hybridized carbons (Fsp3) is 1.00. The smallest absolute Gasteiger partial charge is 0.0458 e. The second-order valence-electron chi connectivity index (χ2n) is 1.75. The summed E-state index contributed by atoms with van der Waals surface area (Å²) < 4.78 is 0. The first kappa shape index (κ1) is 7.25. The van der Waals surface area contributed by atoms with Crippen molar-refractivity contribution in [3.63, 3.8) is 0 Å². The monoisotopic (exact) mass is 121 g/mol. The van der Waals surface area contributed by atoms with Crippen LogP contribution in [0.15, 0.2) is 0 Å². The van der Waals surface area contributed by atoms with Crippen LogP contribution in [0.4, 0.5) is 0 Å². The molecule has 0 rings (SSSR count). The summed E-state index contributed by atoms with van der Waals surface area (Å²) >= 11 is 5.67. The third kappa shape index (κ3) is 2.89. The summed E-state index contributed by atoms with van der Waals surface area (Å²) in [4.78, 5) is 0. The van der Waals surface area contributed by atoms with Gasteiger partial charge in [0.25, 0.3) is 0 Å². The van der Waals surface area contributed by atoms with Crippen molar-refractivity contribution in [2.24, 2.45) is 0 Å². The number of halogens is 1. The van der Waals surface area contributed by atoms with Gasteiger partial charge in [-0.15, -0.1) is 11.6 Å². The highest BCUT2D eigenvalue weighted by atomic mass is 35.5. The summed E-state index contributed by atoms with van der Waals surface area (Å²) in [5.74, 6) is 0. The fourth-order valence-electron chi connectivity index (χ4n) is 0.230. The molecule has 0 heterocycles. The molecule has 0 saturated carbocycles. The highest BCUT2D eigenvalue weighted by Crippen LogP contribution is 1.97. The average molecular weight is 122 g/mol. The summed E-state index contributed by atoms with van der Waals surface area (Å²) in [6.07, 6.45) is 0. The fourth-order valence-corrected chi connectivity index (χ4v) is 0.356. The lowest BCUT2D eigenvalue weighted by Crippen LogP contribution is -2.28. The molecule has 0 aromatic rings. The summed E-state index contributed by atoms with van der Waals surface area (Å²) in [6, 6.07) is 0.418. The summed E-state index contributed by atoms with van der Waals surface area (Å²) in [7, 11) is 1.91. The van der Waals surface area contributed by atoms with Gasteiger partial charge in [-0.3, -0.25) is 0 Å². The van der Waals surface area contributed by atoms with Gasteiger partial charge >= 0.3 is 0 Å². The molecule has 2 atom stereocenters. The number of hydrogen-bond acceptors (Lipinski definition) is 1. The van der Waals surface area contributed by atoms with E-state index in [1.54, 1.807) is 0 Å². The molecule has 0 aliphatic carbocycles. The Morgan fingerprint density at radius 3 is 1.86 bits per heavy atom. The van der Waals surface area contributed by atoms with E-state index in [0.717, 1.165) is 0 Å². The molecule has 1 N–H and O–H groups in total. The lowest BCUT2D eigenvalue weighted by atomic mass is 10.3. The Labute approximate surface area is 50.1 Å². The van der Waals surface area contributed by atoms with Gasteiger partial charge in [-0.25, -0.2) is 0 Å². The maximum atomic E-state index is 5.67. The molecule has 0 aromatic heterocycles. The average Bonchev–Trinajstić information content (AvgIpc) is 1.65. The Morgan fingerprint density at radius 2 is 1.86 bits per heavy atom. The quantitative estimate of drug-likeness (QED) is 0.542. The largest absolute Gasteiger partial charge is 0.316 e. The molecule has 44 valence electrons. The molecule has 0 amide bonds. The molecule has 0 aliphatic heterocycles. The molecule has 2 heteroatoms. The van der Waals surface area contributed by atoms with Crippen LogP contribution in [0, 0.1) is 0 Å².